The molecule has 4 rings (SSSR count). The number of rotatable bonds is 9. The monoisotopic (exact) mass is 413 g/mol. The lowest BCUT2D eigenvalue weighted by atomic mass is 9.68. The van der Waals surface area contributed by atoms with Crippen LogP contribution in [0, 0.1) is 17.8 Å². The van der Waals surface area contributed by atoms with Gasteiger partial charge in [-0.1, -0.05) is 18.6 Å². The summed E-state index contributed by atoms with van der Waals surface area (Å²) in [7, 11) is 0. The van der Waals surface area contributed by atoms with E-state index in [1.807, 2.05) is 37.3 Å². The highest BCUT2D eigenvalue weighted by Gasteiger charge is 2.42. The van der Waals surface area contributed by atoms with Crippen LogP contribution in [0.4, 0.5) is 0 Å². The van der Waals surface area contributed by atoms with Gasteiger partial charge in [0, 0.05) is 19.1 Å². The van der Waals surface area contributed by atoms with Crippen LogP contribution < -0.4 is 5.32 Å². The van der Waals surface area contributed by atoms with Gasteiger partial charge < -0.3 is 24.9 Å². The van der Waals surface area contributed by atoms with Crippen molar-refractivity contribution in [3.8, 4) is 0 Å². The van der Waals surface area contributed by atoms with E-state index < -0.39 is 6.29 Å². The number of carbonyl (C=O) groups is 1. The largest absolute Gasteiger partial charge is 0.459 e. The molecule has 1 aliphatic carbocycles. The molecule has 1 aromatic carbocycles. The number of fused-ring (bicyclic) bond motifs is 1. The Morgan fingerprint density at radius 1 is 1.37 bits per heavy atom. The zero-order valence-corrected chi connectivity index (χ0v) is 17.5. The number of carbonyl (C=O) groups excluding carboxylic acids is 1. The number of hydrogen-bond acceptors (Lipinski definition) is 5. The van der Waals surface area contributed by atoms with Crippen LogP contribution in [0.2, 0.25) is 0 Å². The van der Waals surface area contributed by atoms with Crippen LogP contribution in [-0.4, -0.2) is 40.5 Å². The van der Waals surface area contributed by atoms with Gasteiger partial charge in [0.2, 0.25) is 6.29 Å². The summed E-state index contributed by atoms with van der Waals surface area (Å²) >= 11 is 0. The van der Waals surface area contributed by atoms with Gasteiger partial charge in [-0.05, 0) is 62.7 Å². The SMILES string of the molecule is CCO[C@H]1OC(C(=O)NCc2nc3ccccc3[nH]2)=C[C@@H](C2CCC2)[C@H]1CCCO. The third-order valence-electron chi connectivity index (χ3n) is 6.23. The molecule has 2 heterocycles. The number of hydrogen-bond donors (Lipinski definition) is 3. The Kier molecular flexibility index (Phi) is 6.69. The lowest BCUT2D eigenvalue weighted by Gasteiger charge is -2.43. The van der Waals surface area contributed by atoms with Crippen molar-refractivity contribution in [1.29, 1.82) is 0 Å². The molecule has 0 radical (unpaired) electrons. The first-order valence-corrected chi connectivity index (χ1v) is 11.0. The molecule has 1 aliphatic heterocycles. The summed E-state index contributed by atoms with van der Waals surface area (Å²) in [6, 6.07) is 7.79. The molecule has 1 amide bonds. The lowest BCUT2D eigenvalue weighted by Crippen LogP contribution is -2.43. The Labute approximate surface area is 176 Å². The number of amides is 1. The van der Waals surface area contributed by atoms with Gasteiger partial charge in [-0.15, -0.1) is 0 Å². The number of ether oxygens (including phenoxy) is 2. The molecule has 2 aliphatic rings. The molecule has 1 aromatic heterocycles. The van der Waals surface area contributed by atoms with Crippen molar-refractivity contribution in [3.05, 3.63) is 41.9 Å². The van der Waals surface area contributed by atoms with Crippen LogP contribution in [0.3, 0.4) is 0 Å². The van der Waals surface area contributed by atoms with Gasteiger partial charge in [-0.25, -0.2) is 4.98 Å². The van der Waals surface area contributed by atoms with Crippen LogP contribution in [0.25, 0.3) is 11.0 Å². The average Bonchev–Trinajstić information content (AvgIpc) is 3.13. The minimum absolute atomic E-state index is 0.154. The van der Waals surface area contributed by atoms with E-state index in [1.165, 1.54) is 19.3 Å². The number of nitrogens with zero attached hydrogens (tertiary/aromatic N) is 1. The molecular formula is C23H31N3O4. The second kappa shape index (κ2) is 9.62. The second-order valence-corrected chi connectivity index (χ2v) is 8.15. The van der Waals surface area contributed by atoms with Gasteiger partial charge in [-0.3, -0.25) is 4.79 Å². The molecule has 0 spiro atoms. The van der Waals surface area contributed by atoms with Crippen molar-refractivity contribution in [2.75, 3.05) is 13.2 Å². The van der Waals surface area contributed by atoms with Gasteiger partial charge in [0.1, 0.15) is 5.82 Å². The van der Waals surface area contributed by atoms with Crippen molar-refractivity contribution in [1.82, 2.24) is 15.3 Å². The topological polar surface area (TPSA) is 96.5 Å². The van der Waals surface area contributed by atoms with E-state index in [0.717, 1.165) is 17.5 Å². The fourth-order valence-corrected chi connectivity index (χ4v) is 4.49. The van der Waals surface area contributed by atoms with Crippen molar-refractivity contribution in [3.63, 3.8) is 0 Å². The smallest absolute Gasteiger partial charge is 0.286 e. The van der Waals surface area contributed by atoms with Gasteiger partial charge in [0.15, 0.2) is 5.76 Å². The molecule has 7 heteroatoms. The van der Waals surface area contributed by atoms with E-state index in [-0.39, 0.29) is 24.3 Å². The quantitative estimate of drug-likeness (QED) is 0.586. The zero-order chi connectivity index (χ0) is 20.9. The van der Waals surface area contributed by atoms with E-state index in [9.17, 15) is 9.90 Å². The lowest BCUT2D eigenvalue weighted by molar-refractivity contribution is -0.178. The number of H-pyrrole nitrogens is 1. The van der Waals surface area contributed by atoms with Crippen molar-refractivity contribution in [2.45, 2.75) is 51.9 Å². The maximum atomic E-state index is 12.9. The zero-order valence-electron chi connectivity index (χ0n) is 17.5. The molecule has 0 bridgehead atoms. The molecule has 2 aromatic rings. The molecule has 3 atom stereocenters. The molecule has 0 saturated heterocycles. The normalized spacial score (nSPS) is 24.2. The number of aliphatic hydroxyl groups excluding tert-OH is 1. The summed E-state index contributed by atoms with van der Waals surface area (Å²) in [5.74, 6) is 1.75. The van der Waals surface area contributed by atoms with Crippen molar-refractivity contribution in [2.24, 2.45) is 17.8 Å². The first kappa shape index (κ1) is 20.9. The van der Waals surface area contributed by atoms with E-state index in [4.69, 9.17) is 9.47 Å². The minimum atomic E-state index is -0.455. The van der Waals surface area contributed by atoms with Crippen molar-refractivity contribution < 1.29 is 19.4 Å². The first-order valence-electron chi connectivity index (χ1n) is 11.0. The number of nitrogens with one attached hydrogen (secondary N) is 2. The number of benzene rings is 1. The Balaban J connectivity index is 1.47. The Bertz CT molecular complexity index is 856. The third kappa shape index (κ3) is 4.52. The number of para-hydroxylation sites is 2. The third-order valence-corrected chi connectivity index (χ3v) is 6.23. The predicted molar refractivity (Wildman–Crippen MR) is 113 cm³/mol. The van der Waals surface area contributed by atoms with E-state index in [1.54, 1.807) is 0 Å². The highest BCUT2D eigenvalue weighted by Crippen LogP contribution is 2.44. The predicted octanol–water partition coefficient (Wildman–Crippen LogP) is 3.26. The van der Waals surface area contributed by atoms with Gasteiger partial charge >= 0.3 is 0 Å². The molecule has 162 valence electrons. The van der Waals surface area contributed by atoms with Gasteiger partial charge in [0.25, 0.3) is 5.91 Å². The van der Waals surface area contributed by atoms with Crippen LogP contribution in [0.1, 0.15) is 44.9 Å². The number of aromatic nitrogens is 2. The Morgan fingerprint density at radius 2 is 2.20 bits per heavy atom. The maximum absolute atomic E-state index is 12.9. The van der Waals surface area contributed by atoms with E-state index >= 15 is 0 Å². The molecule has 0 unspecified atom stereocenters. The molecule has 30 heavy (non-hydrogen) atoms. The molecule has 3 N–H and O–H groups in total. The molecule has 1 fully saturated rings. The van der Waals surface area contributed by atoms with Gasteiger partial charge in [-0.2, -0.15) is 0 Å². The summed E-state index contributed by atoms with van der Waals surface area (Å²) in [5.41, 5.74) is 1.83. The highest BCUT2D eigenvalue weighted by molar-refractivity contribution is 5.91. The van der Waals surface area contributed by atoms with Crippen LogP contribution >= 0.6 is 0 Å². The van der Waals surface area contributed by atoms with E-state index in [0.29, 0.717) is 37.1 Å². The standard InChI is InChI=1S/C23H31N3O4/c1-2-29-23-16(9-6-12-27)17(15-7-5-8-15)13-20(30-23)22(28)24-14-21-25-18-10-3-4-11-19(18)26-21/h3-4,10-11,13,15-17,23,27H,2,5-9,12,14H2,1H3,(H,24,28)(H,25,26)/t16-,17+,23+/m1/s1. The fraction of sp³-hybridized carbons (Fsp3) is 0.565. The number of aliphatic hydroxyl groups is 1. The number of allylic oxidation sites excluding steroid dienone is 1. The van der Waals surface area contributed by atoms with E-state index in [2.05, 4.69) is 15.3 Å². The Hall–Kier alpha value is -2.38. The minimum Gasteiger partial charge on any atom is -0.459 e. The highest BCUT2D eigenvalue weighted by atomic mass is 16.7. The molecule has 1 saturated carbocycles. The summed E-state index contributed by atoms with van der Waals surface area (Å²) in [6.07, 6.45) is 6.65. The fourth-order valence-electron chi connectivity index (χ4n) is 4.49. The average molecular weight is 414 g/mol. The second-order valence-electron chi connectivity index (χ2n) is 8.15. The molecule has 7 nitrogen and oxygen atoms in total. The number of imidazole rings is 1. The maximum Gasteiger partial charge on any atom is 0.286 e. The first-order chi connectivity index (χ1) is 14.7. The summed E-state index contributed by atoms with van der Waals surface area (Å²) in [6.45, 7) is 2.91. The summed E-state index contributed by atoms with van der Waals surface area (Å²) in [5, 5.41) is 12.2. The molecular weight excluding hydrogens is 382 g/mol. The van der Waals surface area contributed by atoms with Crippen molar-refractivity contribution >= 4 is 16.9 Å². The number of aromatic amines is 1. The Morgan fingerprint density at radius 3 is 2.90 bits per heavy atom. The summed E-state index contributed by atoms with van der Waals surface area (Å²) < 4.78 is 11.9. The summed E-state index contributed by atoms with van der Waals surface area (Å²) in [4.78, 5) is 20.6. The van der Waals surface area contributed by atoms with Gasteiger partial charge in [0.05, 0.1) is 17.6 Å². The van der Waals surface area contributed by atoms with Crippen LogP contribution in [-0.2, 0) is 20.8 Å². The van der Waals surface area contributed by atoms with Crippen LogP contribution in [0.5, 0.6) is 0 Å². The van der Waals surface area contributed by atoms with Crippen LogP contribution in [0.15, 0.2) is 36.1 Å².